The van der Waals surface area contributed by atoms with Crippen LogP contribution in [0.4, 0.5) is 13.6 Å². The molecule has 6 heteroatoms. The fourth-order valence-corrected chi connectivity index (χ4v) is 2.00. The average molecular weight is 338 g/mol. The zero-order chi connectivity index (χ0) is 16.7. The van der Waals surface area contributed by atoms with E-state index in [9.17, 15) is 13.6 Å². The third-order valence-electron chi connectivity index (χ3n) is 2.91. The van der Waals surface area contributed by atoms with E-state index in [2.05, 4.69) is 5.32 Å². The molecule has 0 unspecified atom stereocenters. The zero-order valence-electron chi connectivity index (χ0n) is 12.1. The van der Waals surface area contributed by atoms with Crippen LogP contribution in [0, 0.1) is 11.6 Å². The van der Waals surface area contributed by atoms with Crippen LogP contribution >= 0.6 is 11.6 Å². The third kappa shape index (κ3) is 5.38. The van der Waals surface area contributed by atoms with Crippen molar-refractivity contribution >= 4 is 23.8 Å². The van der Waals surface area contributed by atoms with Crippen molar-refractivity contribution in [3.8, 4) is 0 Å². The minimum absolute atomic E-state index is 0.0141. The SMILES string of the molecule is O=C(NCC=Cc1c(F)cc(Cl)cc1F)OCc1ccccc1. The fourth-order valence-electron chi connectivity index (χ4n) is 1.81. The molecule has 120 valence electrons. The Bertz CT molecular complexity index is 682. The van der Waals surface area contributed by atoms with Gasteiger partial charge in [0.05, 0.1) is 0 Å². The highest BCUT2D eigenvalue weighted by molar-refractivity contribution is 6.30. The van der Waals surface area contributed by atoms with Gasteiger partial charge in [0, 0.05) is 17.1 Å². The van der Waals surface area contributed by atoms with Crippen LogP contribution in [0.5, 0.6) is 0 Å². The van der Waals surface area contributed by atoms with E-state index in [4.69, 9.17) is 16.3 Å². The van der Waals surface area contributed by atoms with Crippen LogP contribution in [-0.2, 0) is 11.3 Å². The Morgan fingerprint density at radius 1 is 1.17 bits per heavy atom. The third-order valence-corrected chi connectivity index (χ3v) is 3.12. The van der Waals surface area contributed by atoms with E-state index in [0.29, 0.717) is 0 Å². The molecule has 0 fully saturated rings. The predicted molar refractivity (Wildman–Crippen MR) is 85.0 cm³/mol. The van der Waals surface area contributed by atoms with E-state index in [1.807, 2.05) is 30.3 Å². The maximum atomic E-state index is 13.5. The van der Waals surface area contributed by atoms with E-state index >= 15 is 0 Å². The van der Waals surface area contributed by atoms with Crippen molar-refractivity contribution in [2.75, 3.05) is 6.54 Å². The maximum Gasteiger partial charge on any atom is 0.407 e. The lowest BCUT2D eigenvalue weighted by Crippen LogP contribution is -2.24. The summed E-state index contributed by atoms with van der Waals surface area (Å²) in [5.41, 5.74) is 0.650. The highest BCUT2D eigenvalue weighted by Gasteiger charge is 2.07. The van der Waals surface area contributed by atoms with Gasteiger partial charge >= 0.3 is 6.09 Å². The molecule has 2 aromatic carbocycles. The first-order valence-corrected chi connectivity index (χ1v) is 7.19. The van der Waals surface area contributed by atoms with Crippen molar-refractivity contribution in [3.63, 3.8) is 0 Å². The van der Waals surface area contributed by atoms with E-state index in [0.717, 1.165) is 17.7 Å². The van der Waals surface area contributed by atoms with E-state index < -0.39 is 17.7 Å². The van der Waals surface area contributed by atoms with Crippen LogP contribution in [0.2, 0.25) is 5.02 Å². The second-order valence-electron chi connectivity index (χ2n) is 4.63. The molecule has 0 spiro atoms. The number of rotatable bonds is 5. The average Bonchev–Trinajstić information content (AvgIpc) is 2.52. The molecular formula is C17H14ClF2NO2. The number of ether oxygens (including phenoxy) is 1. The lowest BCUT2D eigenvalue weighted by Gasteiger charge is -2.05. The van der Waals surface area contributed by atoms with Crippen molar-refractivity contribution in [1.29, 1.82) is 0 Å². The molecule has 0 saturated carbocycles. The van der Waals surface area contributed by atoms with E-state index in [1.54, 1.807) is 0 Å². The summed E-state index contributed by atoms with van der Waals surface area (Å²) < 4.78 is 32.0. The van der Waals surface area contributed by atoms with Gasteiger partial charge in [-0.15, -0.1) is 0 Å². The minimum Gasteiger partial charge on any atom is -0.445 e. The van der Waals surface area contributed by atoms with Crippen molar-refractivity contribution < 1.29 is 18.3 Å². The van der Waals surface area contributed by atoms with E-state index in [-0.39, 0.29) is 23.7 Å². The Morgan fingerprint density at radius 2 is 1.83 bits per heavy atom. The molecule has 0 atom stereocenters. The second-order valence-corrected chi connectivity index (χ2v) is 5.06. The van der Waals surface area contributed by atoms with Gasteiger partial charge in [0.2, 0.25) is 0 Å². The second kappa shape index (κ2) is 8.29. The summed E-state index contributed by atoms with van der Waals surface area (Å²) in [6.45, 7) is 0.228. The highest BCUT2D eigenvalue weighted by atomic mass is 35.5. The number of alkyl carbamates (subject to hydrolysis) is 1. The van der Waals surface area contributed by atoms with Gasteiger partial charge in [-0.25, -0.2) is 13.6 Å². The molecule has 0 aromatic heterocycles. The summed E-state index contributed by atoms with van der Waals surface area (Å²) in [5, 5.41) is 2.44. The number of hydrogen-bond acceptors (Lipinski definition) is 2. The molecule has 0 heterocycles. The van der Waals surface area contributed by atoms with Crippen LogP contribution in [-0.4, -0.2) is 12.6 Å². The maximum absolute atomic E-state index is 13.5. The number of carbonyl (C=O) groups is 1. The molecule has 0 bridgehead atoms. The number of carbonyl (C=O) groups excluding carboxylic acids is 1. The predicted octanol–water partition coefficient (Wildman–Crippen LogP) is 4.56. The number of amides is 1. The van der Waals surface area contributed by atoms with Gasteiger partial charge in [-0.2, -0.15) is 0 Å². The Kier molecular flexibility index (Phi) is 6.11. The standard InChI is InChI=1S/C17H14ClF2NO2/c18-13-9-15(19)14(16(20)10-13)7-4-8-21-17(22)23-11-12-5-2-1-3-6-12/h1-7,9-10H,8,11H2,(H,21,22). The molecule has 1 amide bonds. The summed E-state index contributed by atoms with van der Waals surface area (Å²) >= 11 is 5.53. The molecule has 2 aromatic rings. The molecular weight excluding hydrogens is 324 g/mol. The normalized spacial score (nSPS) is 10.7. The highest BCUT2D eigenvalue weighted by Crippen LogP contribution is 2.19. The van der Waals surface area contributed by atoms with Crippen LogP contribution in [0.25, 0.3) is 6.08 Å². The summed E-state index contributed by atoms with van der Waals surface area (Å²) in [5.74, 6) is -1.53. The van der Waals surface area contributed by atoms with Crippen molar-refractivity contribution in [2.45, 2.75) is 6.61 Å². The minimum atomic E-state index is -0.766. The molecule has 1 N–H and O–H groups in total. The molecule has 0 saturated heterocycles. The number of halogens is 3. The molecule has 0 aliphatic rings. The van der Waals surface area contributed by atoms with Gasteiger partial charge in [0.1, 0.15) is 18.2 Å². The smallest absolute Gasteiger partial charge is 0.407 e. The summed E-state index contributed by atoms with van der Waals surface area (Å²) in [6, 6.07) is 11.3. The van der Waals surface area contributed by atoms with Gasteiger partial charge in [-0.05, 0) is 17.7 Å². The quantitative estimate of drug-likeness (QED) is 0.868. The summed E-state index contributed by atoms with van der Waals surface area (Å²) in [7, 11) is 0. The first kappa shape index (κ1) is 17.0. The first-order valence-electron chi connectivity index (χ1n) is 6.82. The van der Waals surface area contributed by atoms with Gasteiger partial charge in [-0.3, -0.25) is 0 Å². The van der Waals surface area contributed by atoms with Gasteiger partial charge in [0.25, 0.3) is 0 Å². The van der Waals surface area contributed by atoms with Crippen LogP contribution in [0.1, 0.15) is 11.1 Å². The summed E-state index contributed by atoms with van der Waals surface area (Å²) in [4.78, 5) is 11.5. The zero-order valence-corrected chi connectivity index (χ0v) is 12.8. The van der Waals surface area contributed by atoms with Crippen LogP contribution in [0.15, 0.2) is 48.5 Å². The molecule has 0 radical (unpaired) electrons. The molecule has 23 heavy (non-hydrogen) atoms. The van der Waals surface area contributed by atoms with Gasteiger partial charge in [0.15, 0.2) is 0 Å². The molecule has 2 rings (SSSR count). The van der Waals surface area contributed by atoms with Crippen LogP contribution < -0.4 is 5.32 Å². The Morgan fingerprint density at radius 3 is 2.48 bits per heavy atom. The Hall–Kier alpha value is -2.40. The summed E-state index contributed by atoms with van der Waals surface area (Å²) in [6.07, 6.45) is 2.04. The molecule has 0 aliphatic carbocycles. The number of nitrogens with one attached hydrogen (secondary N) is 1. The molecule has 3 nitrogen and oxygen atoms in total. The van der Waals surface area contributed by atoms with Gasteiger partial charge < -0.3 is 10.1 Å². The Balaban J connectivity index is 1.79. The van der Waals surface area contributed by atoms with Crippen LogP contribution in [0.3, 0.4) is 0 Å². The molecule has 0 aliphatic heterocycles. The number of benzene rings is 2. The van der Waals surface area contributed by atoms with Crippen molar-refractivity contribution in [2.24, 2.45) is 0 Å². The number of hydrogen-bond donors (Lipinski definition) is 1. The van der Waals surface area contributed by atoms with Gasteiger partial charge in [-0.1, -0.05) is 54.1 Å². The fraction of sp³-hybridized carbons (Fsp3) is 0.118. The monoisotopic (exact) mass is 337 g/mol. The van der Waals surface area contributed by atoms with E-state index in [1.165, 1.54) is 12.2 Å². The Labute approximate surface area is 137 Å². The largest absolute Gasteiger partial charge is 0.445 e. The topological polar surface area (TPSA) is 38.3 Å². The lowest BCUT2D eigenvalue weighted by molar-refractivity contribution is 0.141. The van der Waals surface area contributed by atoms with Crippen molar-refractivity contribution in [1.82, 2.24) is 5.32 Å². The lowest BCUT2D eigenvalue weighted by atomic mass is 10.2. The first-order chi connectivity index (χ1) is 11.1. The van der Waals surface area contributed by atoms with Crippen molar-refractivity contribution in [3.05, 3.63) is 76.3 Å².